The van der Waals surface area contributed by atoms with Crippen LogP contribution in [0.3, 0.4) is 0 Å². The molecular formula is C27H42N2. The molecule has 0 aliphatic heterocycles. The van der Waals surface area contributed by atoms with Gasteiger partial charge in [0.2, 0.25) is 0 Å². The Morgan fingerprint density at radius 1 is 0.517 bits per heavy atom. The maximum Gasteiger partial charge on any atom is 0.0614 e. The highest BCUT2D eigenvalue weighted by atomic mass is 15.4. The van der Waals surface area contributed by atoms with Crippen molar-refractivity contribution in [2.24, 2.45) is 0 Å². The average Bonchev–Trinajstić information content (AvgIpc) is 2.50. The van der Waals surface area contributed by atoms with E-state index in [-0.39, 0.29) is 16.2 Å². The highest BCUT2D eigenvalue weighted by molar-refractivity contribution is 5.68. The monoisotopic (exact) mass is 394 g/mol. The van der Waals surface area contributed by atoms with E-state index in [1.807, 2.05) is 0 Å². The van der Waals surface area contributed by atoms with E-state index in [0.717, 1.165) is 5.69 Å². The van der Waals surface area contributed by atoms with Gasteiger partial charge < -0.3 is 10.9 Å². The van der Waals surface area contributed by atoms with Crippen LogP contribution in [-0.4, -0.2) is 0 Å². The molecule has 2 N–H and O–H groups in total. The first-order chi connectivity index (χ1) is 13.0. The molecule has 2 aromatic carbocycles. The predicted octanol–water partition coefficient (Wildman–Crippen LogP) is 7.94. The van der Waals surface area contributed by atoms with Crippen LogP contribution in [0.1, 0.15) is 95.7 Å². The second-order valence-corrected chi connectivity index (χ2v) is 11.7. The molecule has 0 saturated carbocycles. The van der Waals surface area contributed by atoms with Crippen molar-refractivity contribution in [2.75, 3.05) is 10.9 Å². The quantitative estimate of drug-likeness (QED) is 0.516. The molecule has 0 amide bonds. The largest absolute Gasteiger partial charge is 0.300 e. The minimum atomic E-state index is 0.0304. The summed E-state index contributed by atoms with van der Waals surface area (Å²) in [4.78, 5) is 0. The molecule has 0 aliphatic rings. The summed E-state index contributed by atoms with van der Waals surface area (Å²) in [7, 11) is 0. The molecule has 0 saturated heterocycles. The Balaban J connectivity index is 2.66. The van der Waals surface area contributed by atoms with Crippen LogP contribution >= 0.6 is 0 Å². The zero-order chi connectivity index (χ0) is 22.4. The van der Waals surface area contributed by atoms with Crippen LogP contribution in [0.25, 0.3) is 0 Å². The highest BCUT2D eigenvalue weighted by Crippen LogP contribution is 2.41. The van der Waals surface area contributed by atoms with Crippen molar-refractivity contribution in [2.45, 2.75) is 99.3 Å². The first-order valence-corrected chi connectivity index (χ1v) is 10.8. The van der Waals surface area contributed by atoms with Gasteiger partial charge in [0.15, 0.2) is 0 Å². The fourth-order valence-corrected chi connectivity index (χ4v) is 3.89. The van der Waals surface area contributed by atoms with E-state index in [4.69, 9.17) is 0 Å². The smallest absolute Gasteiger partial charge is 0.0614 e. The molecule has 0 aromatic heterocycles. The van der Waals surface area contributed by atoms with Gasteiger partial charge >= 0.3 is 0 Å². The van der Waals surface area contributed by atoms with Crippen LogP contribution < -0.4 is 10.9 Å². The zero-order valence-corrected chi connectivity index (χ0v) is 20.8. The van der Waals surface area contributed by atoms with E-state index >= 15 is 0 Å². The summed E-state index contributed by atoms with van der Waals surface area (Å²) >= 11 is 0. The molecule has 0 heterocycles. The van der Waals surface area contributed by atoms with E-state index in [2.05, 4.69) is 118 Å². The van der Waals surface area contributed by atoms with Crippen molar-refractivity contribution in [3.8, 4) is 0 Å². The summed E-state index contributed by atoms with van der Waals surface area (Å²) in [5, 5.41) is 0. The summed E-state index contributed by atoms with van der Waals surface area (Å²) in [6.45, 7) is 27.2. The van der Waals surface area contributed by atoms with Gasteiger partial charge in [0.25, 0.3) is 0 Å². The van der Waals surface area contributed by atoms with Crippen LogP contribution in [0.4, 0.5) is 11.4 Å². The van der Waals surface area contributed by atoms with E-state index < -0.39 is 0 Å². The molecule has 0 radical (unpaired) electrons. The summed E-state index contributed by atoms with van der Waals surface area (Å²) in [6, 6.07) is 9.26. The standard InChI is InChI=1S/C27H42N2/c1-17-13-18(2)23(19(3)14-17)28-29-24-21(26(7,8)9)15-20(25(4,5)6)16-22(24)27(10,11)12/h13-16,28-29H,1-12H3. The number of nitrogens with one attached hydrogen (secondary N) is 2. The fraction of sp³-hybridized carbons (Fsp3) is 0.556. The minimum Gasteiger partial charge on any atom is -0.300 e. The molecule has 0 fully saturated rings. The van der Waals surface area contributed by atoms with Gasteiger partial charge in [0.1, 0.15) is 0 Å². The SMILES string of the molecule is Cc1cc(C)c(NNc2c(C(C)(C)C)cc(C(C)(C)C)cc2C(C)(C)C)c(C)c1. The van der Waals surface area contributed by atoms with Crippen LogP contribution in [0.5, 0.6) is 0 Å². The van der Waals surface area contributed by atoms with E-state index in [0.29, 0.717) is 0 Å². The lowest BCUT2D eigenvalue weighted by atomic mass is 9.74. The number of hydrogen-bond donors (Lipinski definition) is 2. The Morgan fingerprint density at radius 2 is 0.897 bits per heavy atom. The molecule has 160 valence electrons. The number of hydrogen-bond acceptors (Lipinski definition) is 2. The third kappa shape index (κ3) is 5.35. The summed E-state index contributed by atoms with van der Waals surface area (Å²) < 4.78 is 0. The third-order valence-electron chi connectivity index (χ3n) is 5.61. The van der Waals surface area contributed by atoms with Crippen LogP contribution in [-0.2, 0) is 16.2 Å². The van der Waals surface area contributed by atoms with Gasteiger partial charge in [-0.2, -0.15) is 0 Å². The number of benzene rings is 2. The van der Waals surface area contributed by atoms with Gasteiger partial charge in [-0.3, -0.25) is 0 Å². The molecular weight excluding hydrogens is 352 g/mol. The second-order valence-electron chi connectivity index (χ2n) is 11.7. The second kappa shape index (κ2) is 7.70. The molecule has 2 nitrogen and oxygen atoms in total. The average molecular weight is 395 g/mol. The van der Waals surface area contributed by atoms with Gasteiger partial charge in [-0.25, -0.2) is 0 Å². The molecule has 0 bridgehead atoms. The molecule has 0 aliphatic carbocycles. The fourth-order valence-electron chi connectivity index (χ4n) is 3.89. The van der Waals surface area contributed by atoms with Crippen LogP contribution in [0.15, 0.2) is 24.3 Å². The van der Waals surface area contributed by atoms with E-state index in [9.17, 15) is 0 Å². The van der Waals surface area contributed by atoms with Crippen molar-refractivity contribution < 1.29 is 0 Å². The normalized spacial score (nSPS) is 12.8. The molecule has 2 rings (SSSR count). The predicted molar refractivity (Wildman–Crippen MR) is 130 cm³/mol. The zero-order valence-electron chi connectivity index (χ0n) is 20.8. The molecule has 0 spiro atoms. The number of rotatable bonds is 3. The first kappa shape index (κ1) is 23.3. The van der Waals surface area contributed by atoms with Gasteiger partial charge in [-0.1, -0.05) is 92.1 Å². The van der Waals surface area contributed by atoms with Crippen molar-refractivity contribution in [1.29, 1.82) is 0 Å². The Kier molecular flexibility index (Phi) is 6.19. The van der Waals surface area contributed by atoms with Crippen molar-refractivity contribution >= 4 is 11.4 Å². The van der Waals surface area contributed by atoms with Crippen molar-refractivity contribution in [1.82, 2.24) is 0 Å². The van der Waals surface area contributed by atoms with Gasteiger partial charge in [0, 0.05) is 0 Å². The molecule has 2 aromatic rings. The Labute approximate surface area is 179 Å². The van der Waals surface area contributed by atoms with Crippen LogP contribution in [0.2, 0.25) is 0 Å². The van der Waals surface area contributed by atoms with Gasteiger partial charge in [0.05, 0.1) is 11.4 Å². The van der Waals surface area contributed by atoms with Gasteiger partial charge in [-0.15, -0.1) is 0 Å². The highest BCUT2D eigenvalue weighted by Gasteiger charge is 2.29. The lowest BCUT2D eigenvalue weighted by Crippen LogP contribution is -2.26. The van der Waals surface area contributed by atoms with E-state index in [1.54, 1.807) is 0 Å². The Hall–Kier alpha value is -1.96. The maximum absolute atomic E-state index is 3.64. The minimum absolute atomic E-state index is 0.0304. The molecule has 0 atom stereocenters. The topological polar surface area (TPSA) is 24.1 Å². The van der Waals surface area contributed by atoms with Crippen molar-refractivity contribution in [3.63, 3.8) is 0 Å². The number of hydrazine groups is 1. The Bertz CT molecular complexity index is 826. The first-order valence-electron chi connectivity index (χ1n) is 10.8. The van der Waals surface area contributed by atoms with E-state index in [1.165, 1.54) is 39.1 Å². The lowest BCUT2D eigenvalue weighted by Gasteiger charge is -2.34. The van der Waals surface area contributed by atoms with Crippen molar-refractivity contribution in [3.05, 3.63) is 57.6 Å². The molecule has 29 heavy (non-hydrogen) atoms. The molecule has 2 heteroatoms. The lowest BCUT2D eigenvalue weighted by molar-refractivity contribution is 0.551. The molecule has 0 unspecified atom stereocenters. The summed E-state index contributed by atoms with van der Waals surface area (Å²) in [5.41, 5.74) is 17.6. The third-order valence-corrected chi connectivity index (χ3v) is 5.61. The Morgan fingerprint density at radius 3 is 1.24 bits per heavy atom. The van der Waals surface area contributed by atoms with Gasteiger partial charge in [-0.05, 0) is 64.8 Å². The summed E-state index contributed by atoms with van der Waals surface area (Å²) in [6.07, 6.45) is 0. The summed E-state index contributed by atoms with van der Waals surface area (Å²) in [5.74, 6) is 0. The number of aryl methyl sites for hydroxylation is 3. The van der Waals surface area contributed by atoms with Crippen LogP contribution in [0, 0.1) is 20.8 Å². The number of anilines is 2. The maximum atomic E-state index is 3.64.